The van der Waals surface area contributed by atoms with Gasteiger partial charge in [0.2, 0.25) is 0 Å². The highest BCUT2D eigenvalue weighted by Crippen LogP contribution is 2.65. The zero-order valence-electron chi connectivity index (χ0n) is 18.5. The van der Waals surface area contributed by atoms with Crippen LogP contribution in [0.15, 0.2) is 23.0 Å². The van der Waals surface area contributed by atoms with E-state index in [4.69, 9.17) is 24.4 Å². The summed E-state index contributed by atoms with van der Waals surface area (Å²) in [7, 11) is 1.33. The Morgan fingerprint density at radius 3 is 2.62 bits per heavy atom. The van der Waals surface area contributed by atoms with Crippen molar-refractivity contribution < 1.29 is 37.8 Å². The van der Waals surface area contributed by atoms with Gasteiger partial charge in [-0.1, -0.05) is 13.8 Å². The minimum absolute atomic E-state index is 0.109. The van der Waals surface area contributed by atoms with Crippen LogP contribution < -0.4 is 5.73 Å². The smallest absolute Gasteiger partial charge is 0.404 e. The largest absolute Gasteiger partial charge is 0.472 e. The first-order valence-corrected chi connectivity index (χ1v) is 10.9. The molecule has 1 saturated heterocycles. The van der Waals surface area contributed by atoms with E-state index in [2.05, 4.69) is 0 Å². The van der Waals surface area contributed by atoms with Gasteiger partial charge in [-0.15, -0.1) is 0 Å². The number of methoxy groups -OCH3 is 1. The zero-order chi connectivity index (χ0) is 23.3. The maximum atomic E-state index is 13.8. The van der Waals surface area contributed by atoms with Crippen LogP contribution >= 0.6 is 0 Å². The SMILES string of the molecule is COC(=O)[C@@H]1C[C@@H](COC(N)=O)C(=O)C2[C@@]1(C)CC[C@H]1C(=O)O[C@H](c3ccoc3)C[C@]21C. The first-order chi connectivity index (χ1) is 15.1. The van der Waals surface area contributed by atoms with Crippen molar-refractivity contribution in [1.82, 2.24) is 0 Å². The lowest BCUT2D eigenvalue weighted by Gasteiger charge is -2.61. The Hall–Kier alpha value is -2.84. The molecule has 4 rings (SSSR count). The highest BCUT2D eigenvalue weighted by molar-refractivity contribution is 5.90. The topological polar surface area (TPSA) is 135 Å². The lowest BCUT2D eigenvalue weighted by atomic mass is 9.42. The van der Waals surface area contributed by atoms with Crippen LogP contribution in [-0.4, -0.2) is 37.5 Å². The minimum Gasteiger partial charge on any atom is -0.472 e. The van der Waals surface area contributed by atoms with Crippen molar-refractivity contribution >= 4 is 23.8 Å². The molecule has 0 bridgehead atoms. The van der Waals surface area contributed by atoms with E-state index in [-0.39, 0.29) is 24.8 Å². The van der Waals surface area contributed by atoms with Gasteiger partial charge >= 0.3 is 18.0 Å². The van der Waals surface area contributed by atoms with E-state index in [1.807, 2.05) is 13.8 Å². The van der Waals surface area contributed by atoms with Crippen molar-refractivity contribution in [2.75, 3.05) is 13.7 Å². The predicted octanol–water partition coefficient (Wildman–Crippen LogP) is 2.78. The molecule has 0 spiro atoms. The first kappa shape index (κ1) is 22.4. The standard InChI is InChI=1S/C23H29NO8/c1-22-6-4-14-20(27)32-16(12-5-7-30-10-12)9-23(14,2)18(22)17(25)13(11-31-21(24)28)8-15(22)19(26)29-3/h5,7,10,13-16,18H,4,6,8-9,11H2,1-3H3,(H2,24,28)/t13-,14-,15-,16-,18?,22-,23-/m0/s1. The van der Waals surface area contributed by atoms with E-state index < -0.39 is 52.7 Å². The van der Waals surface area contributed by atoms with Crippen molar-refractivity contribution in [3.63, 3.8) is 0 Å². The van der Waals surface area contributed by atoms with Gasteiger partial charge in [0.15, 0.2) is 0 Å². The molecule has 1 aromatic rings. The highest BCUT2D eigenvalue weighted by Gasteiger charge is 2.67. The summed E-state index contributed by atoms with van der Waals surface area (Å²) >= 11 is 0. The summed E-state index contributed by atoms with van der Waals surface area (Å²) in [4.78, 5) is 50.9. The quantitative estimate of drug-likeness (QED) is 0.550. The van der Waals surface area contributed by atoms with Gasteiger partial charge in [-0.05, 0) is 42.6 Å². The molecule has 9 heteroatoms. The summed E-state index contributed by atoms with van der Waals surface area (Å²) in [6.07, 6.45) is 3.19. The summed E-state index contributed by atoms with van der Waals surface area (Å²) in [5.74, 6) is -3.21. The Morgan fingerprint density at radius 1 is 1.25 bits per heavy atom. The molecule has 1 aromatic heterocycles. The third kappa shape index (κ3) is 3.38. The molecule has 1 aliphatic heterocycles. The summed E-state index contributed by atoms with van der Waals surface area (Å²) in [6, 6.07) is 1.74. The molecule has 1 amide bonds. The van der Waals surface area contributed by atoms with E-state index in [9.17, 15) is 19.2 Å². The molecule has 2 aliphatic carbocycles. The summed E-state index contributed by atoms with van der Waals surface area (Å²) < 4.78 is 21.0. The Labute approximate surface area is 185 Å². The number of Topliss-reactive ketones (excluding diaryl/α,β-unsaturated/α-hetero) is 1. The van der Waals surface area contributed by atoms with Gasteiger partial charge in [0.25, 0.3) is 0 Å². The van der Waals surface area contributed by atoms with Gasteiger partial charge < -0.3 is 24.4 Å². The van der Waals surface area contributed by atoms with Crippen molar-refractivity contribution in [2.45, 2.75) is 45.6 Å². The minimum atomic E-state index is -0.977. The van der Waals surface area contributed by atoms with Gasteiger partial charge in [0.05, 0.1) is 37.4 Å². The average Bonchev–Trinajstić information content (AvgIpc) is 3.26. The summed E-state index contributed by atoms with van der Waals surface area (Å²) in [5, 5.41) is 0. The van der Waals surface area contributed by atoms with Gasteiger partial charge in [-0.2, -0.15) is 0 Å². The van der Waals surface area contributed by atoms with Crippen molar-refractivity contribution in [1.29, 1.82) is 0 Å². The molecule has 7 atom stereocenters. The third-order valence-electron chi connectivity index (χ3n) is 8.09. The molecule has 2 saturated carbocycles. The van der Waals surface area contributed by atoms with Crippen LogP contribution in [0, 0.1) is 34.5 Å². The lowest BCUT2D eigenvalue weighted by Crippen LogP contribution is -2.63. The van der Waals surface area contributed by atoms with E-state index in [1.54, 1.807) is 6.07 Å². The fourth-order valence-corrected chi connectivity index (χ4v) is 6.61. The number of hydrogen-bond donors (Lipinski definition) is 1. The van der Waals surface area contributed by atoms with Gasteiger partial charge in [-0.3, -0.25) is 14.4 Å². The number of carbonyl (C=O) groups is 4. The normalized spacial score (nSPS) is 38.8. The molecular formula is C23H29NO8. The van der Waals surface area contributed by atoms with Crippen LogP contribution in [0.4, 0.5) is 4.79 Å². The van der Waals surface area contributed by atoms with Gasteiger partial charge in [0, 0.05) is 11.5 Å². The fraction of sp³-hybridized carbons (Fsp3) is 0.652. The maximum Gasteiger partial charge on any atom is 0.404 e. The second kappa shape index (κ2) is 7.94. The number of fused-ring (bicyclic) bond motifs is 3. The first-order valence-electron chi connectivity index (χ1n) is 10.9. The molecule has 1 unspecified atom stereocenters. The average molecular weight is 447 g/mol. The van der Waals surface area contributed by atoms with Crippen LogP contribution in [0.5, 0.6) is 0 Å². The molecule has 0 radical (unpaired) electrons. The molecule has 3 fully saturated rings. The fourth-order valence-electron chi connectivity index (χ4n) is 6.61. The molecule has 2 heterocycles. The summed E-state index contributed by atoms with van der Waals surface area (Å²) in [6.45, 7) is 3.68. The number of amides is 1. The van der Waals surface area contributed by atoms with Crippen LogP contribution in [0.2, 0.25) is 0 Å². The zero-order valence-corrected chi connectivity index (χ0v) is 18.5. The second-order valence-electron chi connectivity index (χ2n) is 9.76. The van der Waals surface area contributed by atoms with Crippen molar-refractivity contribution in [3.8, 4) is 0 Å². The second-order valence-corrected chi connectivity index (χ2v) is 9.76. The number of nitrogens with two attached hydrogens (primary N) is 1. The number of cyclic esters (lactones) is 1. The number of hydrogen-bond acceptors (Lipinski definition) is 8. The Balaban J connectivity index is 1.76. The van der Waals surface area contributed by atoms with Crippen LogP contribution in [0.1, 0.15) is 51.2 Å². The molecule has 174 valence electrons. The number of ether oxygens (including phenoxy) is 3. The van der Waals surface area contributed by atoms with Crippen LogP contribution in [0.25, 0.3) is 0 Å². The van der Waals surface area contributed by atoms with Gasteiger partial charge in [-0.25, -0.2) is 4.79 Å². The number of esters is 2. The maximum absolute atomic E-state index is 13.8. The van der Waals surface area contributed by atoms with E-state index >= 15 is 0 Å². The van der Waals surface area contributed by atoms with Crippen LogP contribution in [0.3, 0.4) is 0 Å². The molecule has 0 aromatic carbocycles. The van der Waals surface area contributed by atoms with Crippen molar-refractivity contribution in [3.05, 3.63) is 24.2 Å². The third-order valence-corrected chi connectivity index (χ3v) is 8.09. The molecular weight excluding hydrogens is 418 g/mol. The number of rotatable bonds is 4. The lowest BCUT2D eigenvalue weighted by molar-refractivity contribution is -0.205. The van der Waals surface area contributed by atoms with Crippen LogP contribution in [-0.2, 0) is 28.6 Å². The van der Waals surface area contributed by atoms with Gasteiger partial charge in [0.1, 0.15) is 18.5 Å². The Bertz CT molecular complexity index is 926. The molecule has 3 aliphatic rings. The number of furan rings is 1. The van der Waals surface area contributed by atoms with E-state index in [0.29, 0.717) is 19.3 Å². The molecule has 9 nitrogen and oxygen atoms in total. The molecule has 2 N–H and O–H groups in total. The molecule has 32 heavy (non-hydrogen) atoms. The van der Waals surface area contributed by atoms with Crippen molar-refractivity contribution in [2.24, 2.45) is 40.2 Å². The number of carbonyl (C=O) groups excluding carboxylic acids is 4. The Morgan fingerprint density at radius 2 is 2.00 bits per heavy atom. The number of primary amides is 1. The monoisotopic (exact) mass is 447 g/mol. The van der Waals surface area contributed by atoms with E-state index in [0.717, 1.165) is 5.56 Å². The summed E-state index contributed by atoms with van der Waals surface area (Å²) in [5.41, 5.74) is 4.40. The van der Waals surface area contributed by atoms with E-state index in [1.165, 1.54) is 19.6 Å². The highest BCUT2D eigenvalue weighted by atomic mass is 16.6. The Kier molecular flexibility index (Phi) is 5.55. The number of ketones is 1. The predicted molar refractivity (Wildman–Crippen MR) is 109 cm³/mol.